The molecule has 0 spiro atoms. The Balaban J connectivity index is 0.000000186. The molecule has 32 heavy (non-hydrogen) atoms. The maximum absolute atomic E-state index is 12.3. The van der Waals surface area contributed by atoms with E-state index in [0.717, 1.165) is 38.3 Å². The lowest BCUT2D eigenvalue weighted by molar-refractivity contribution is 0.0664. The van der Waals surface area contributed by atoms with Crippen LogP contribution in [0.3, 0.4) is 0 Å². The summed E-state index contributed by atoms with van der Waals surface area (Å²) in [6, 6.07) is 15.0. The molecule has 2 heterocycles. The Morgan fingerprint density at radius 1 is 0.719 bits per heavy atom. The molecule has 0 N–H and O–H groups in total. The molecule has 0 atom stereocenters. The van der Waals surface area contributed by atoms with Crippen molar-refractivity contribution in [2.24, 2.45) is 0 Å². The van der Waals surface area contributed by atoms with E-state index in [1.54, 1.807) is 5.56 Å². The highest BCUT2D eigenvalue weighted by molar-refractivity contribution is 5.94. The summed E-state index contributed by atoms with van der Waals surface area (Å²) < 4.78 is 0. The van der Waals surface area contributed by atoms with Gasteiger partial charge < -0.3 is 14.7 Å². The number of carbonyl (C=O) groups excluding carboxylic acids is 1. The smallest absolute Gasteiger partial charge is 0.253 e. The SMILES string of the molecule is CC(C)c1ccc(C(=O)N2CCN(C)CC2)cc1.CC(C)c1ccc2c(c1)CCN(C)C2. The zero-order valence-corrected chi connectivity index (χ0v) is 20.9. The van der Waals surface area contributed by atoms with Crippen LogP contribution in [0.4, 0.5) is 0 Å². The molecule has 1 amide bonds. The Morgan fingerprint density at radius 2 is 1.31 bits per heavy atom. The van der Waals surface area contributed by atoms with Crippen LogP contribution in [0.5, 0.6) is 0 Å². The lowest BCUT2D eigenvalue weighted by Gasteiger charge is -2.32. The fourth-order valence-electron chi connectivity index (χ4n) is 4.28. The maximum Gasteiger partial charge on any atom is 0.253 e. The number of carbonyl (C=O) groups is 1. The Labute approximate surface area is 195 Å². The van der Waals surface area contributed by atoms with Gasteiger partial charge in [-0.3, -0.25) is 4.79 Å². The zero-order chi connectivity index (χ0) is 23.3. The van der Waals surface area contributed by atoms with Gasteiger partial charge in [-0.1, -0.05) is 58.0 Å². The summed E-state index contributed by atoms with van der Waals surface area (Å²) in [6.45, 7) is 14.8. The van der Waals surface area contributed by atoms with Crippen molar-refractivity contribution in [1.82, 2.24) is 14.7 Å². The first kappa shape index (κ1) is 24.5. The number of nitrogens with zero attached hydrogens (tertiary/aromatic N) is 3. The fraction of sp³-hybridized carbons (Fsp3) is 0.536. The van der Waals surface area contributed by atoms with E-state index in [2.05, 4.69) is 81.9 Å². The average Bonchev–Trinajstić information content (AvgIpc) is 2.79. The summed E-state index contributed by atoms with van der Waals surface area (Å²) in [6.07, 6.45) is 1.21. The van der Waals surface area contributed by atoms with Crippen LogP contribution >= 0.6 is 0 Å². The second kappa shape index (κ2) is 11.1. The van der Waals surface area contributed by atoms with Gasteiger partial charge in [0.05, 0.1) is 0 Å². The number of benzene rings is 2. The van der Waals surface area contributed by atoms with E-state index in [9.17, 15) is 4.79 Å². The second-order valence-corrected chi connectivity index (χ2v) is 10.0. The summed E-state index contributed by atoms with van der Waals surface area (Å²) in [5, 5.41) is 0. The second-order valence-electron chi connectivity index (χ2n) is 10.0. The van der Waals surface area contributed by atoms with E-state index in [4.69, 9.17) is 0 Å². The van der Waals surface area contributed by atoms with E-state index in [1.165, 1.54) is 29.7 Å². The van der Waals surface area contributed by atoms with Gasteiger partial charge in [0.15, 0.2) is 0 Å². The van der Waals surface area contributed by atoms with E-state index in [-0.39, 0.29) is 5.91 Å². The van der Waals surface area contributed by atoms with E-state index < -0.39 is 0 Å². The van der Waals surface area contributed by atoms with Gasteiger partial charge in [-0.05, 0) is 66.7 Å². The number of fused-ring (bicyclic) bond motifs is 1. The third-order valence-electron chi connectivity index (χ3n) is 6.71. The third kappa shape index (κ3) is 6.43. The average molecular weight is 436 g/mol. The summed E-state index contributed by atoms with van der Waals surface area (Å²) in [5.74, 6) is 1.33. The fourth-order valence-corrected chi connectivity index (χ4v) is 4.28. The van der Waals surface area contributed by atoms with Crippen molar-refractivity contribution >= 4 is 5.91 Å². The highest BCUT2D eigenvalue weighted by Gasteiger charge is 2.20. The van der Waals surface area contributed by atoms with Gasteiger partial charge in [0.25, 0.3) is 5.91 Å². The highest BCUT2D eigenvalue weighted by Crippen LogP contribution is 2.23. The number of amides is 1. The first-order chi connectivity index (χ1) is 15.2. The van der Waals surface area contributed by atoms with E-state index >= 15 is 0 Å². The van der Waals surface area contributed by atoms with Gasteiger partial charge in [-0.2, -0.15) is 0 Å². The van der Waals surface area contributed by atoms with E-state index in [1.807, 2.05) is 17.0 Å². The standard InChI is InChI=1S/C15H22N2O.C13H19N/c1-12(2)13-4-6-14(7-5-13)15(18)17-10-8-16(3)9-11-17;1-10(2)11-4-5-13-9-14(3)7-6-12(13)8-11/h4-7,12H,8-11H2,1-3H3;4-5,8,10H,6-7,9H2,1-3H3. The molecular formula is C28H41N3O. The quantitative estimate of drug-likeness (QED) is 0.679. The van der Waals surface area contributed by atoms with Crippen LogP contribution in [0.2, 0.25) is 0 Å². The highest BCUT2D eigenvalue weighted by atomic mass is 16.2. The summed E-state index contributed by atoms with van der Waals surface area (Å²) >= 11 is 0. The number of piperazine rings is 1. The predicted molar refractivity (Wildman–Crippen MR) is 135 cm³/mol. The largest absolute Gasteiger partial charge is 0.336 e. The van der Waals surface area contributed by atoms with Crippen molar-refractivity contribution in [3.63, 3.8) is 0 Å². The molecule has 2 aliphatic rings. The Hall–Kier alpha value is -2.17. The number of rotatable bonds is 3. The van der Waals surface area contributed by atoms with Gasteiger partial charge in [-0.15, -0.1) is 0 Å². The molecule has 2 aromatic carbocycles. The molecule has 0 radical (unpaired) electrons. The number of hydrogen-bond acceptors (Lipinski definition) is 3. The molecule has 0 aliphatic carbocycles. The normalized spacial score (nSPS) is 17.2. The third-order valence-corrected chi connectivity index (χ3v) is 6.71. The Morgan fingerprint density at radius 3 is 1.91 bits per heavy atom. The first-order valence-corrected chi connectivity index (χ1v) is 12.1. The molecule has 2 aliphatic heterocycles. The van der Waals surface area contributed by atoms with Crippen LogP contribution in [0.1, 0.15) is 72.1 Å². The van der Waals surface area contributed by atoms with Gasteiger partial charge in [0, 0.05) is 44.8 Å². The number of hydrogen-bond donors (Lipinski definition) is 0. The lowest BCUT2D eigenvalue weighted by atomic mass is 9.93. The minimum Gasteiger partial charge on any atom is -0.336 e. The van der Waals surface area contributed by atoms with Gasteiger partial charge in [0.1, 0.15) is 0 Å². The molecule has 0 aromatic heterocycles. The molecule has 0 bridgehead atoms. The molecule has 174 valence electrons. The predicted octanol–water partition coefficient (Wildman–Crippen LogP) is 5.00. The molecule has 1 saturated heterocycles. The van der Waals surface area contributed by atoms with Crippen LogP contribution in [0.25, 0.3) is 0 Å². The van der Waals surface area contributed by atoms with Crippen molar-refractivity contribution in [2.45, 2.75) is 52.5 Å². The monoisotopic (exact) mass is 435 g/mol. The lowest BCUT2D eigenvalue weighted by Crippen LogP contribution is -2.47. The molecule has 4 rings (SSSR count). The van der Waals surface area contributed by atoms with Crippen molar-refractivity contribution < 1.29 is 4.79 Å². The molecule has 1 fully saturated rings. The zero-order valence-electron chi connectivity index (χ0n) is 20.9. The molecule has 0 unspecified atom stereocenters. The summed E-state index contributed by atoms with van der Waals surface area (Å²) in [7, 11) is 4.29. The molecular weight excluding hydrogens is 394 g/mol. The van der Waals surface area contributed by atoms with Crippen LogP contribution < -0.4 is 0 Å². The minimum atomic E-state index is 0.165. The maximum atomic E-state index is 12.3. The summed E-state index contributed by atoms with van der Waals surface area (Å²) in [4.78, 5) is 18.9. The van der Waals surface area contributed by atoms with E-state index in [0.29, 0.717) is 11.8 Å². The van der Waals surface area contributed by atoms with Crippen LogP contribution in [0.15, 0.2) is 42.5 Å². The Bertz CT molecular complexity index is 880. The first-order valence-electron chi connectivity index (χ1n) is 12.1. The minimum absolute atomic E-state index is 0.165. The van der Waals surface area contributed by atoms with Gasteiger partial charge >= 0.3 is 0 Å². The van der Waals surface area contributed by atoms with Crippen LogP contribution in [-0.2, 0) is 13.0 Å². The number of likely N-dealkylation sites (N-methyl/N-ethyl adjacent to an activating group) is 2. The Kier molecular flexibility index (Phi) is 8.50. The van der Waals surface area contributed by atoms with Crippen molar-refractivity contribution in [3.05, 3.63) is 70.3 Å². The van der Waals surface area contributed by atoms with Gasteiger partial charge in [-0.25, -0.2) is 0 Å². The van der Waals surface area contributed by atoms with Gasteiger partial charge in [0.2, 0.25) is 0 Å². The van der Waals surface area contributed by atoms with Crippen LogP contribution in [0, 0.1) is 0 Å². The summed E-state index contributed by atoms with van der Waals surface area (Å²) in [5.41, 5.74) is 6.65. The molecule has 4 nitrogen and oxygen atoms in total. The molecule has 4 heteroatoms. The van der Waals surface area contributed by atoms with Crippen molar-refractivity contribution in [1.29, 1.82) is 0 Å². The topological polar surface area (TPSA) is 26.8 Å². The van der Waals surface area contributed by atoms with Crippen molar-refractivity contribution in [2.75, 3.05) is 46.8 Å². The molecule has 0 saturated carbocycles. The molecule has 2 aromatic rings. The van der Waals surface area contributed by atoms with Crippen LogP contribution in [-0.4, -0.2) is 67.4 Å². The van der Waals surface area contributed by atoms with Crippen molar-refractivity contribution in [3.8, 4) is 0 Å².